The topological polar surface area (TPSA) is 55.1 Å². The second-order valence-corrected chi connectivity index (χ2v) is 6.95. The van der Waals surface area contributed by atoms with Crippen LogP contribution in [-0.2, 0) is 0 Å². The van der Waals surface area contributed by atoms with E-state index in [0.29, 0.717) is 16.7 Å². The zero-order chi connectivity index (χ0) is 18.8. The molecule has 0 fully saturated rings. The van der Waals surface area contributed by atoms with Crippen molar-refractivity contribution in [2.24, 2.45) is 0 Å². The summed E-state index contributed by atoms with van der Waals surface area (Å²) >= 11 is 3.42. The second kappa shape index (κ2) is 7.21. The van der Waals surface area contributed by atoms with E-state index < -0.39 is 0 Å². The number of phenols is 1. The van der Waals surface area contributed by atoms with Crippen molar-refractivity contribution in [3.05, 3.63) is 99.0 Å². The number of aromatic hydroxyl groups is 1. The average Bonchev–Trinajstić information content (AvgIpc) is 2.69. The first-order chi connectivity index (χ1) is 13.1. The molecule has 0 amide bonds. The smallest absolute Gasteiger partial charge is 0.266 e. The van der Waals surface area contributed by atoms with Gasteiger partial charge in [-0.1, -0.05) is 52.3 Å². The van der Waals surface area contributed by atoms with Crippen LogP contribution in [0.4, 0.5) is 0 Å². The number of halogens is 1. The molecule has 132 valence electrons. The van der Waals surface area contributed by atoms with Crippen molar-refractivity contribution in [2.75, 3.05) is 0 Å². The summed E-state index contributed by atoms with van der Waals surface area (Å²) in [7, 11) is 0. The Balaban J connectivity index is 1.94. The van der Waals surface area contributed by atoms with Crippen molar-refractivity contribution in [1.82, 2.24) is 9.55 Å². The standard InChI is InChI=1S/C22H15BrN2O2/c23-16-9-12-20-19(14-16)22(27)25(17-4-2-1-3-5-17)21(24-20)13-8-15-6-10-18(26)11-7-15/h1-14,26H. The lowest BCUT2D eigenvalue weighted by atomic mass is 10.2. The molecule has 0 aliphatic carbocycles. The molecule has 0 atom stereocenters. The van der Waals surface area contributed by atoms with Gasteiger partial charge in [0.25, 0.3) is 5.56 Å². The molecule has 4 aromatic rings. The minimum absolute atomic E-state index is 0.127. The zero-order valence-corrected chi connectivity index (χ0v) is 15.8. The maximum Gasteiger partial charge on any atom is 0.266 e. The molecule has 0 saturated carbocycles. The third-order valence-corrected chi connectivity index (χ3v) is 4.68. The normalized spacial score (nSPS) is 11.3. The van der Waals surface area contributed by atoms with Gasteiger partial charge in [0.1, 0.15) is 11.6 Å². The highest BCUT2D eigenvalue weighted by atomic mass is 79.9. The fourth-order valence-corrected chi connectivity index (χ4v) is 3.23. The number of benzene rings is 3. The van der Waals surface area contributed by atoms with Crippen LogP contribution in [0.3, 0.4) is 0 Å². The van der Waals surface area contributed by atoms with E-state index >= 15 is 0 Å². The molecule has 0 radical (unpaired) electrons. The highest BCUT2D eigenvalue weighted by molar-refractivity contribution is 9.10. The largest absolute Gasteiger partial charge is 0.508 e. The molecule has 4 rings (SSSR count). The van der Waals surface area contributed by atoms with Crippen molar-refractivity contribution in [1.29, 1.82) is 0 Å². The molecule has 4 nitrogen and oxygen atoms in total. The third kappa shape index (κ3) is 3.55. The van der Waals surface area contributed by atoms with Crippen molar-refractivity contribution >= 4 is 39.0 Å². The highest BCUT2D eigenvalue weighted by Gasteiger charge is 2.11. The number of hydrogen-bond acceptors (Lipinski definition) is 3. The number of aromatic nitrogens is 2. The second-order valence-electron chi connectivity index (χ2n) is 6.03. The number of phenolic OH excluding ortho intramolecular Hbond substituents is 1. The van der Waals surface area contributed by atoms with Crippen molar-refractivity contribution in [3.63, 3.8) is 0 Å². The molecule has 0 aliphatic heterocycles. The Labute approximate surface area is 164 Å². The summed E-state index contributed by atoms with van der Waals surface area (Å²) < 4.78 is 2.44. The van der Waals surface area contributed by atoms with E-state index in [4.69, 9.17) is 4.98 Å². The quantitative estimate of drug-likeness (QED) is 0.507. The van der Waals surface area contributed by atoms with Crippen LogP contribution in [0.5, 0.6) is 5.75 Å². The average molecular weight is 419 g/mol. The third-order valence-electron chi connectivity index (χ3n) is 4.19. The molecule has 1 aromatic heterocycles. The lowest BCUT2D eigenvalue weighted by Gasteiger charge is -2.11. The molecule has 0 aliphatic rings. The SMILES string of the molecule is O=c1c2cc(Br)ccc2nc(C=Cc2ccc(O)cc2)n1-c1ccccc1. The molecule has 0 unspecified atom stereocenters. The fraction of sp³-hybridized carbons (Fsp3) is 0. The van der Waals surface area contributed by atoms with E-state index in [2.05, 4.69) is 15.9 Å². The molecule has 27 heavy (non-hydrogen) atoms. The van der Waals surface area contributed by atoms with Gasteiger partial charge in [-0.3, -0.25) is 9.36 Å². The van der Waals surface area contributed by atoms with E-state index in [9.17, 15) is 9.90 Å². The summed E-state index contributed by atoms with van der Waals surface area (Å²) in [5, 5.41) is 9.98. The van der Waals surface area contributed by atoms with Crippen molar-refractivity contribution in [3.8, 4) is 11.4 Å². The summed E-state index contributed by atoms with van der Waals surface area (Å²) in [6.45, 7) is 0. The van der Waals surface area contributed by atoms with Crippen molar-refractivity contribution in [2.45, 2.75) is 0 Å². The van der Waals surface area contributed by atoms with Gasteiger partial charge in [0.05, 0.1) is 16.6 Å². The minimum Gasteiger partial charge on any atom is -0.508 e. The molecular weight excluding hydrogens is 404 g/mol. The first-order valence-electron chi connectivity index (χ1n) is 8.37. The number of nitrogens with zero attached hydrogens (tertiary/aromatic N) is 2. The highest BCUT2D eigenvalue weighted by Crippen LogP contribution is 2.19. The first-order valence-corrected chi connectivity index (χ1v) is 9.16. The summed E-state index contributed by atoms with van der Waals surface area (Å²) in [6.07, 6.45) is 3.67. The van der Waals surface area contributed by atoms with Crippen LogP contribution >= 0.6 is 15.9 Å². The number of fused-ring (bicyclic) bond motifs is 1. The number of hydrogen-bond donors (Lipinski definition) is 1. The zero-order valence-electron chi connectivity index (χ0n) is 14.2. The Morgan fingerprint density at radius 3 is 2.41 bits per heavy atom. The number of para-hydroxylation sites is 1. The fourth-order valence-electron chi connectivity index (χ4n) is 2.87. The number of rotatable bonds is 3. The molecule has 1 heterocycles. The van der Waals surface area contributed by atoms with Crippen LogP contribution in [0.15, 0.2) is 82.1 Å². The summed E-state index contributed by atoms with van der Waals surface area (Å²) in [4.78, 5) is 17.9. The van der Waals surface area contributed by atoms with Gasteiger partial charge >= 0.3 is 0 Å². The van der Waals surface area contributed by atoms with Crippen LogP contribution in [-0.4, -0.2) is 14.7 Å². The molecule has 0 spiro atoms. The lowest BCUT2D eigenvalue weighted by Crippen LogP contribution is -2.22. The van der Waals surface area contributed by atoms with Gasteiger partial charge in [0.15, 0.2) is 0 Å². The van der Waals surface area contributed by atoms with Crippen molar-refractivity contribution < 1.29 is 5.11 Å². The predicted octanol–water partition coefficient (Wildman–Crippen LogP) is 5.02. The Morgan fingerprint density at radius 1 is 0.926 bits per heavy atom. The molecular formula is C22H15BrN2O2. The maximum atomic E-state index is 13.2. The van der Waals surface area contributed by atoms with Crippen LogP contribution in [0.25, 0.3) is 28.7 Å². The van der Waals surface area contributed by atoms with Gasteiger partial charge in [0, 0.05) is 4.47 Å². The molecule has 3 aromatic carbocycles. The molecule has 1 N–H and O–H groups in total. The van der Waals surface area contributed by atoms with Crippen LogP contribution in [0.2, 0.25) is 0 Å². The van der Waals surface area contributed by atoms with Gasteiger partial charge in [-0.2, -0.15) is 0 Å². The monoisotopic (exact) mass is 418 g/mol. The summed E-state index contributed by atoms with van der Waals surface area (Å²) in [5.41, 5.74) is 2.17. The van der Waals surface area contributed by atoms with E-state index in [1.165, 1.54) is 0 Å². The Hall–Kier alpha value is -3.18. The van der Waals surface area contributed by atoms with Crippen LogP contribution < -0.4 is 5.56 Å². The predicted molar refractivity (Wildman–Crippen MR) is 112 cm³/mol. The lowest BCUT2D eigenvalue weighted by molar-refractivity contribution is 0.475. The summed E-state index contributed by atoms with van der Waals surface area (Å²) in [5.74, 6) is 0.747. The molecule has 0 bridgehead atoms. The Bertz CT molecular complexity index is 1200. The van der Waals surface area contributed by atoms with Crippen LogP contribution in [0.1, 0.15) is 11.4 Å². The van der Waals surface area contributed by atoms with Gasteiger partial charge in [0.2, 0.25) is 0 Å². The van der Waals surface area contributed by atoms with Gasteiger partial charge in [-0.25, -0.2) is 4.98 Å². The first kappa shape index (κ1) is 17.2. The Kier molecular flexibility index (Phi) is 4.60. The van der Waals surface area contributed by atoms with Gasteiger partial charge < -0.3 is 5.11 Å². The molecule has 0 saturated heterocycles. The van der Waals surface area contributed by atoms with Gasteiger partial charge in [-0.15, -0.1) is 0 Å². The molecule has 5 heteroatoms. The van der Waals surface area contributed by atoms with Crippen LogP contribution in [0, 0.1) is 0 Å². The minimum atomic E-state index is -0.127. The van der Waals surface area contributed by atoms with Gasteiger partial charge in [-0.05, 0) is 54.1 Å². The van der Waals surface area contributed by atoms with E-state index in [1.54, 1.807) is 34.9 Å². The van der Waals surface area contributed by atoms with E-state index in [1.807, 2.05) is 54.6 Å². The Morgan fingerprint density at radius 2 is 1.67 bits per heavy atom. The maximum absolute atomic E-state index is 13.2. The summed E-state index contributed by atoms with van der Waals surface area (Å²) in [6, 6.07) is 21.8. The van der Waals surface area contributed by atoms with E-state index in [-0.39, 0.29) is 11.3 Å². The van der Waals surface area contributed by atoms with E-state index in [0.717, 1.165) is 15.7 Å².